The maximum Gasteiger partial charge on any atom is 0.488 e. The van der Waals surface area contributed by atoms with Gasteiger partial charge in [0.15, 0.2) is 7.28 Å². The molecule has 2 nitrogen and oxygen atoms in total. The fourth-order valence-corrected chi connectivity index (χ4v) is 3.98. The van der Waals surface area contributed by atoms with Gasteiger partial charge in [-0.25, -0.2) is 0 Å². The molecule has 1 heterocycles. The lowest BCUT2D eigenvalue weighted by molar-refractivity contribution is 0.425. The van der Waals surface area contributed by atoms with Crippen molar-refractivity contribution < 1.29 is 10.0 Å². The number of fused-ring (bicyclic) bond motifs is 3. The lowest BCUT2D eigenvalue weighted by Crippen LogP contribution is -2.38. The first-order valence-corrected chi connectivity index (χ1v) is 7.84. The minimum atomic E-state index is -1.40. The third-order valence-electron chi connectivity index (χ3n) is 5.65. The molecule has 4 heteroatoms. The predicted octanol–water partition coefficient (Wildman–Crippen LogP) is 0.585. The van der Waals surface area contributed by atoms with Crippen molar-refractivity contribution >= 4 is 30.8 Å². The van der Waals surface area contributed by atoms with Crippen LogP contribution in [0.15, 0.2) is 6.07 Å². The Morgan fingerprint density at radius 2 is 1.27 bits per heavy atom. The zero-order valence-corrected chi connectivity index (χ0v) is 14.3. The van der Waals surface area contributed by atoms with E-state index in [-0.39, 0.29) is 0 Å². The average molecular weight is 292 g/mol. The Hall–Kier alpha value is -1.51. The predicted molar refractivity (Wildman–Crippen MR) is 96.5 cm³/mol. The molecule has 2 N–H and O–H groups in total. The van der Waals surface area contributed by atoms with Gasteiger partial charge in [0.05, 0.1) is 0 Å². The van der Waals surface area contributed by atoms with Gasteiger partial charge in [-0.05, 0) is 80.4 Å². The van der Waals surface area contributed by atoms with Gasteiger partial charge < -0.3 is 10.0 Å². The fourth-order valence-electron chi connectivity index (χ4n) is 3.98. The fraction of sp³-hybridized carbons (Fsp3) is 0.333. The Kier molecular flexibility index (Phi) is 3.50. The minimum Gasteiger partial charge on any atom is -0.423 e. The Labute approximate surface area is 133 Å². The van der Waals surface area contributed by atoms with Crippen LogP contribution in [0, 0.1) is 41.5 Å². The van der Waals surface area contributed by atoms with E-state index < -0.39 is 7.12 Å². The van der Waals surface area contributed by atoms with Crippen LogP contribution in [-0.2, 0) is 0 Å². The van der Waals surface area contributed by atoms with Crippen molar-refractivity contribution in [3.8, 4) is 11.1 Å². The van der Waals surface area contributed by atoms with Gasteiger partial charge in [0, 0.05) is 0 Å². The van der Waals surface area contributed by atoms with Gasteiger partial charge in [0.25, 0.3) is 0 Å². The number of rotatable bonds is 1. The van der Waals surface area contributed by atoms with Crippen LogP contribution in [0.2, 0.25) is 0 Å². The van der Waals surface area contributed by atoms with E-state index in [0.717, 1.165) is 18.4 Å². The first-order chi connectivity index (χ1) is 10.3. The van der Waals surface area contributed by atoms with E-state index in [0.29, 0.717) is 5.46 Å². The third-order valence-corrected chi connectivity index (χ3v) is 5.65. The van der Waals surface area contributed by atoms with Crippen LogP contribution in [0.1, 0.15) is 33.4 Å². The molecule has 0 spiro atoms. The molecule has 2 aromatic rings. The summed E-state index contributed by atoms with van der Waals surface area (Å²) in [5.41, 5.74) is 13.6. The average Bonchev–Trinajstić information content (AvgIpc) is 2.87. The SMILES string of the molecule is Cc1cc(B(O)O)c(C)c2c1-c1c(C)c(C)c(C)c(C)c1B2. The second-order valence-electron chi connectivity index (χ2n) is 6.67. The van der Waals surface area contributed by atoms with E-state index in [1.807, 2.05) is 13.0 Å². The van der Waals surface area contributed by atoms with E-state index in [1.54, 1.807) is 0 Å². The molecule has 1 aliphatic rings. The molecule has 3 rings (SSSR count). The second kappa shape index (κ2) is 5.00. The van der Waals surface area contributed by atoms with Crippen LogP contribution in [0.5, 0.6) is 0 Å². The number of hydrogen-bond acceptors (Lipinski definition) is 2. The van der Waals surface area contributed by atoms with Crippen molar-refractivity contribution in [2.45, 2.75) is 41.5 Å². The van der Waals surface area contributed by atoms with Gasteiger partial charge in [-0.3, -0.25) is 0 Å². The standard InChI is InChI=1S/C18H22B2O2/c1-8-7-14(20(21)22)13(6)18-15(8)16-11(4)9(2)10(3)12(5)17(16)19-18/h7,19,21-22H,1-6H3. The number of hydrogen-bond donors (Lipinski definition) is 2. The van der Waals surface area contributed by atoms with Crippen LogP contribution < -0.4 is 16.4 Å². The van der Waals surface area contributed by atoms with Crippen molar-refractivity contribution in [3.05, 3.63) is 39.4 Å². The van der Waals surface area contributed by atoms with E-state index in [9.17, 15) is 10.0 Å². The number of benzene rings is 2. The van der Waals surface area contributed by atoms with Crippen LogP contribution in [0.25, 0.3) is 11.1 Å². The van der Waals surface area contributed by atoms with Crippen molar-refractivity contribution in [1.82, 2.24) is 0 Å². The molecule has 0 aromatic heterocycles. The first kappa shape index (κ1) is 15.4. The van der Waals surface area contributed by atoms with Gasteiger partial charge >= 0.3 is 7.12 Å². The Morgan fingerprint density at radius 1 is 0.727 bits per heavy atom. The zero-order chi connectivity index (χ0) is 16.3. The van der Waals surface area contributed by atoms with E-state index in [1.165, 1.54) is 44.3 Å². The Morgan fingerprint density at radius 3 is 1.86 bits per heavy atom. The summed E-state index contributed by atoms with van der Waals surface area (Å²) in [6.07, 6.45) is 0. The Balaban J connectivity index is 2.40. The van der Waals surface area contributed by atoms with E-state index in [2.05, 4.69) is 34.6 Å². The highest BCUT2D eigenvalue weighted by molar-refractivity contribution is 6.75. The lowest BCUT2D eigenvalue weighted by atomic mass is 9.61. The lowest BCUT2D eigenvalue weighted by Gasteiger charge is -2.18. The molecule has 112 valence electrons. The molecular formula is C18H22B2O2. The van der Waals surface area contributed by atoms with E-state index >= 15 is 0 Å². The molecule has 0 fully saturated rings. The van der Waals surface area contributed by atoms with Crippen LogP contribution in [-0.4, -0.2) is 24.4 Å². The zero-order valence-electron chi connectivity index (χ0n) is 14.3. The van der Waals surface area contributed by atoms with Crippen LogP contribution in [0.3, 0.4) is 0 Å². The normalized spacial score (nSPS) is 12.0. The van der Waals surface area contributed by atoms with Crippen molar-refractivity contribution in [3.63, 3.8) is 0 Å². The molecule has 0 unspecified atom stereocenters. The summed E-state index contributed by atoms with van der Waals surface area (Å²) < 4.78 is 0. The van der Waals surface area contributed by atoms with Crippen LogP contribution >= 0.6 is 0 Å². The molecular weight excluding hydrogens is 270 g/mol. The topological polar surface area (TPSA) is 40.5 Å². The van der Waals surface area contributed by atoms with Gasteiger partial charge in [0.1, 0.15) is 0 Å². The summed E-state index contributed by atoms with van der Waals surface area (Å²) in [7, 11) is -0.510. The first-order valence-electron chi connectivity index (χ1n) is 7.84. The summed E-state index contributed by atoms with van der Waals surface area (Å²) in [6, 6.07) is 1.93. The monoisotopic (exact) mass is 292 g/mol. The Bertz CT molecular complexity index is 808. The molecule has 0 saturated carbocycles. The smallest absolute Gasteiger partial charge is 0.423 e. The molecule has 0 amide bonds. The van der Waals surface area contributed by atoms with E-state index in [4.69, 9.17) is 0 Å². The molecule has 0 radical (unpaired) electrons. The summed E-state index contributed by atoms with van der Waals surface area (Å²) in [4.78, 5) is 0. The molecule has 0 bridgehead atoms. The van der Waals surface area contributed by atoms with Gasteiger partial charge in [-0.15, -0.1) is 0 Å². The number of aryl methyl sites for hydroxylation is 1. The highest BCUT2D eigenvalue weighted by Crippen LogP contribution is 2.32. The molecule has 0 aliphatic carbocycles. The van der Waals surface area contributed by atoms with Crippen molar-refractivity contribution in [1.29, 1.82) is 0 Å². The van der Waals surface area contributed by atoms with Crippen molar-refractivity contribution in [2.75, 3.05) is 0 Å². The maximum absolute atomic E-state index is 9.63. The molecule has 2 aromatic carbocycles. The summed E-state index contributed by atoms with van der Waals surface area (Å²) in [6.45, 7) is 12.9. The van der Waals surface area contributed by atoms with Crippen molar-refractivity contribution in [2.24, 2.45) is 0 Å². The molecule has 0 saturated heterocycles. The van der Waals surface area contributed by atoms with Gasteiger partial charge in [-0.1, -0.05) is 28.1 Å². The summed E-state index contributed by atoms with van der Waals surface area (Å²) in [5.74, 6) is 0. The van der Waals surface area contributed by atoms with Gasteiger partial charge in [-0.2, -0.15) is 0 Å². The minimum absolute atomic E-state index is 0.632. The van der Waals surface area contributed by atoms with Gasteiger partial charge in [0.2, 0.25) is 0 Å². The molecule has 1 aliphatic heterocycles. The largest absolute Gasteiger partial charge is 0.488 e. The quantitative estimate of drug-likeness (QED) is 0.644. The molecule has 0 atom stereocenters. The molecule has 22 heavy (non-hydrogen) atoms. The highest BCUT2D eigenvalue weighted by Gasteiger charge is 2.30. The second-order valence-corrected chi connectivity index (χ2v) is 6.67. The third kappa shape index (κ3) is 1.90. The van der Waals surface area contributed by atoms with Crippen LogP contribution in [0.4, 0.5) is 0 Å². The maximum atomic E-state index is 9.63. The summed E-state index contributed by atoms with van der Waals surface area (Å²) >= 11 is 0. The highest BCUT2D eigenvalue weighted by atomic mass is 16.4. The summed E-state index contributed by atoms with van der Waals surface area (Å²) in [5, 5.41) is 19.3.